The monoisotopic (exact) mass is 1630 g/mol. The van der Waals surface area contributed by atoms with Crippen LogP contribution in [0.15, 0.2) is 254 Å². The van der Waals surface area contributed by atoms with Crippen molar-refractivity contribution in [3.63, 3.8) is 0 Å². The van der Waals surface area contributed by atoms with E-state index in [2.05, 4.69) is 235 Å². The largest absolute Gasteiger partial charge is 0.798 e. The number of hydrogen-bond donors (Lipinski definition) is 0. The third kappa shape index (κ3) is 12.4. The summed E-state index contributed by atoms with van der Waals surface area (Å²) in [6.45, 7) is 10.2. The Kier molecular flexibility index (Phi) is 22.5. The number of amidine groups is 8. The van der Waals surface area contributed by atoms with Crippen molar-refractivity contribution >= 4 is 160 Å². The fourth-order valence-corrected chi connectivity index (χ4v) is 35.9. The molecule has 8 aliphatic heterocycles. The zero-order valence-corrected chi connectivity index (χ0v) is 70.3. The minimum atomic E-state index is -3.28. The highest BCUT2D eigenvalue weighted by Gasteiger charge is 2.69. The zero-order chi connectivity index (χ0) is 81.9. The number of benzene rings is 8. The average molecular weight is 1630 g/mol. The standard InChI is InChI=1S/2C32H16N8.C14H26O2Si2.8CH3F.2Al/c2*1-2-10-18-17(9-1)25-33-26(18)38-28-21-13-5-6-14-22(21)30(35-28)40-32-24-16-8-7-15-23(24)31(36-32)39-29-20-12-4-3-11-19(20)27(34-29)37-25;1-17(2,15)13-6-11-5-12(7-13)9-14(8-11,10-13)18(3,4)16;8*1-2;;/h2*1-16H;11-12H,5-10H2,1-4H3;8*1H3;;/q3*-2;;;;;;;;;2*+3. The Labute approximate surface area is 676 Å². The summed E-state index contributed by atoms with van der Waals surface area (Å²) in [5.41, 5.74) is 10.5. The SMILES string of the molecule is CF.CF.CF.CF.CF.CF.CF.CF.C[Si](C)([O][Al]1[n]2c3c4ccccc4c2N=C2N=C(N=c4c5ccccc5c([n]41)=NC1=NC(=N3)c3ccccc31)c1ccccc12)C12CC3CC(C1)CC([Si](C)(C)[O][Al]1[n]4c5c6ccccc6c4N=C4N=C(N=c6c7ccccc7c([n]61)=NC1=NC(=N5)c5ccccc51)c1ccccc14)(C3)C2. The highest BCUT2D eigenvalue weighted by Crippen LogP contribution is 2.77. The summed E-state index contributed by atoms with van der Waals surface area (Å²) in [4.78, 5) is 67.6. The Morgan fingerprint density at radius 3 is 0.672 bits per heavy atom. The molecule has 4 saturated carbocycles. The van der Waals surface area contributed by atoms with Gasteiger partial charge >= 0.3 is 29.8 Å². The van der Waals surface area contributed by atoms with E-state index in [0.29, 0.717) is 116 Å². The van der Waals surface area contributed by atoms with Gasteiger partial charge in [-0.1, -0.05) is 194 Å². The van der Waals surface area contributed by atoms with Gasteiger partial charge in [-0.25, -0.2) is 59.9 Å². The van der Waals surface area contributed by atoms with Crippen molar-refractivity contribution in [1.29, 1.82) is 0 Å². The van der Waals surface area contributed by atoms with Gasteiger partial charge in [0.25, 0.3) is 0 Å². The smallest absolute Gasteiger partial charge is 0.509 e. The molecule has 4 aliphatic carbocycles. The van der Waals surface area contributed by atoms with E-state index in [4.69, 9.17) is 66.9 Å². The van der Waals surface area contributed by atoms with Crippen molar-refractivity contribution in [2.24, 2.45) is 71.7 Å². The van der Waals surface area contributed by atoms with E-state index in [0.717, 1.165) is 165 Å². The number of rotatable bonds is 6. The lowest BCUT2D eigenvalue weighted by Crippen LogP contribution is -2.66. The fraction of sp³-hybridized carbons (Fsp3) is 0.256. The van der Waals surface area contributed by atoms with Crippen molar-refractivity contribution < 1.29 is 42.1 Å². The van der Waals surface area contributed by atoms with Crippen molar-refractivity contribution in [2.75, 3.05) is 57.4 Å². The number of fused-ring (bicyclic) bond motifs is 28. The second-order valence-corrected chi connectivity index (χ2v) is 43.2. The second-order valence-electron chi connectivity index (χ2n) is 29.8. The summed E-state index contributed by atoms with van der Waals surface area (Å²) < 4.78 is 103. The molecule has 12 aliphatic rings. The Hall–Kier alpha value is -10.7. The maximum Gasteiger partial charge on any atom is 0.798 e. The van der Waals surface area contributed by atoms with Crippen LogP contribution in [-0.4, -0.2) is 165 Å². The number of nitrogens with zero attached hydrogens (tertiary/aromatic N) is 16. The molecule has 4 fully saturated rings. The van der Waals surface area contributed by atoms with E-state index >= 15 is 0 Å². The first kappa shape index (κ1) is 80.5. The predicted molar refractivity (Wildman–Crippen MR) is 456 cm³/mol. The minimum Gasteiger partial charge on any atom is -0.509 e. The molecule has 4 aromatic heterocycles. The van der Waals surface area contributed by atoms with Gasteiger partial charge in [-0.15, -0.1) is 0 Å². The summed E-state index contributed by atoms with van der Waals surface area (Å²) in [7, 11) is -2.18. The highest BCUT2D eigenvalue weighted by molar-refractivity contribution is 6.83. The van der Waals surface area contributed by atoms with Crippen LogP contribution < -0.4 is 22.0 Å². The lowest BCUT2D eigenvalue weighted by atomic mass is 9.55. The van der Waals surface area contributed by atoms with Gasteiger partial charge in [0, 0.05) is 87.6 Å². The molecule has 0 radical (unpaired) electrons. The van der Waals surface area contributed by atoms with E-state index < -0.39 is 46.5 Å². The van der Waals surface area contributed by atoms with Gasteiger partial charge < -0.3 is 21.2 Å². The molecular formula is C86H82Al2F8N16O2Si2. The summed E-state index contributed by atoms with van der Waals surface area (Å²) in [6.07, 6.45) is 6.51. The fourth-order valence-electron chi connectivity index (χ4n) is 19.4. The van der Waals surface area contributed by atoms with E-state index in [9.17, 15) is 35.1 Å². The van der Waals surface area contributed by atoms with Gasteiger partial charge in [-0.2, -0.15) is 0 Å². The molecule has 0 amide bonds. The molecule has 8 aromatic carbocycles. The maximum absolute atomic E-state index is 9.50. The summed E-state index contributed by atoms with van der Waals surface area (Å²) in [5, 5.41) is 7.36. The number of aliphatic imine (C=N–C) groups is 8. The molecule has 16 bridgehead atoms. The van der Waals surface area contributed by atoms with Crippen LogP contribution in [0.4, 0.5) is 58.4 Å². The molecule has 116 heavy (non-hydrogen) atoms. The lowest BCUT2D eigenvalue weighted by molar-refractivity contribution is 0.0192. The molecule has 0 unspecified atom stereocenters. The van der Waals surface area contributed by atoms with Crippen LogP contribution in [0.5, 0.6) is 0 Å². The highest BCUT2D eigenvalue weighted by atomic mass is 28.4. The Bertz CT molecular complexity index is 5770. The van der Waals surface area contributed by atoms with Crippen LogP contribution in [0.1, 0.15) is 83.0 Å². The number of hydrogen-bond acceptors (Lipinski definition) is 14. The van der Waals surface area contributed by atoms with Gasteiger partial charge in [-0.05, 0) is 86.6 Å². The molecule has 0 atom stereocenters. The van der Waals surface area contributed by atoms with Gasteiger partial charge in [0.1, 0.15) is 45.2 Å². The van der Waals surface area contributed by atoms with Crippen LogP contribution in [0.25, 0.3) is 43.1 Å². The lowest BCUT2D eigenvalue weighted by Gasteiger charge is -2.69. The number of halogens is 8. The van der Waals surface area contributed by atoms with Crippen LogP contribution in [0, 0.1) is 11.8 Å². The van der Waals surface area contributed by atoms with Crippen LogP contribution >= 0.6 is 0 Å². The predicted octanol–water partition coefficient (Wildman–Crippen LogP) is 18.1. The first-order chi connectivity index (χ1) is 56.9. The van der Waals surface area contributed by atoms with Crippen molar-refractivity contribution in [2.45, 2.75) is 74.8 Å². The Morgan fingerprint density at radius 1 is 0.267 bits per heavy atom. The topological polar surface area (TPSA) is 187 Å². The molecule has 0 spiro atoms. The maximum atomic E-state index is 9.50. The van der Waals surface area contributed by atoms with Crippen LogP contribution in [-0.2, 0) is 6.96 Å². The number of aromatic nitrogens is 4. The van der Waals surface area contributed by atoms with Gasteiger partial charge in [0.2, 0.25) is 0 Å². The minimum absolute atomic E-state index is 0.181. The van der Waals surface area contributed by atoms with Crippen LogP contribution in [0.3, 0.4) is 0 Å². The van der Waals surface area contributed by atoms with Crippen LogP contribution in [0.2, 0.25) is 36.3 Å². The molecule has 30 heteroatoms. The van der Waals surface area contributed by atoms with Crippen molar-refractivity contribution in [3.8, 4) is 0 Å². The first-order valence-electron chi connectivity index (χ1n) is 37.8. The third-order valence-corrected chi connectivity index (χ3v) is 40.3. The van der Waals surface area contributed by atoms with Gasteiger partial charge in [0.05, 0.1) is 57.4 Å². The molecule has 0 N–H and O–H groups in total. The second kappa shape index (κ2) is 32.4. The molecular weight excluding hydrogens is 1550 g/mol. The van der Waals surface area contributed by atoms with E-state index in [-0.39, 0.29) is 10.1 Å². The molecule has 0 saturated heterocycles. The van der Waals surface area contributed by atoms with Gasteiger partial charge in [-0.3, -0.25) is 35.1 Å². The summed E-state index contributed by atoms with van der Waals surface area (Å²) in [6, 6.07) is 67.8. The zero-order valence-electron chi connectivity index (χ0n) is 66.0. The van der Waals surface area contributed by atoms with E-state index in [1.165, 1.54) is 6.42 Å². The van der Waals surface area contributed by atoms with Crippen molar-refractivity contribution in [3.05, 3.63) is 261 Å². The van der Waals surface area contributed by atoms with Gasteiger partial charge in [0.15, 0.2) is 63.3 Å². The molecule has 24 rings (SSSR count). The number of alkyl halides is 8. The van der Waals surface area contributed by atoms with E-state index in [1.54, 1.807) is 0 Å². The normalized spacial score (nSPS) is 19.3. The molecule has 18 nitrogen and oxygen atoms in total. The Morgan fingerprint density at radius 2 is 0.457 bits per heavy atom. The quantitative estimate of drug-likeness (QED) is 0.119. The molecule has 12 aromatic rings. The first-order valence-corrected chi connectivity index (χ1v) is 46.6. The van der Waals surface area contributed by atoms with Crippen molar-refractivity contribution in [1.82, 2.24) is 14.2 Å². The average Bonchev–Trinajstić information content (AvgIpc) is 0.720. The Balaban J connectivity index is 0.000000625. The summed E-state index contributed by atoms with van der Waals surface area (Å²) >= 11 is -6.56. The molecule has 588 valence electrons. The third-order valence-electron chi connectivity index (χ3n) is 23.9. The molecule has 12 heterocycles. The van der Waals surface area contributed by atoms with E-state index in [1.807, 2.05) is 0 Å². The summed E-state index contributed by atoms with van der Waals surface area (Å²) in [5.74, 6) is 8.85.